The maximum atomic E-state index is 15.4. The van der Waals surface area contributed by atoms with E-state index < -0.39 is 125 Å². The summed E-state index contributed by atoms with van der Waals surface area (Å²) in [6.07, 6.45) is 5.85. The van der Waals surface area contributed by atoms with Crippen molar-refractivity contribution in [2.75, 3.05) is 30.0 Å². The molecule has 10 atom stereocenters. The lowest BCUT2D eigenvalue weighted by molar-refractivity contribution is -0.142. The zero-order valence-corrected chi connectivity index (χ0v) is 65.0. The van der Waals surface area contributed by atoms with Crippen LogP contribution in [0.25, 0.3) is 10.8 Å². The number of hydrogen-bond donors (Lipinski definition) is 13. The van der Waals surface area contributed by atoms with Crippen LogP contribution >= 0.6 is 23.4 Å². The standard InChI is InChI=1S/C80H102ClN15O13S/c1-46(2)38-63(71(101)89-62(19-12-13-36-84-47(3)4)80(109)96-37-15-20-69(96)77(107)85-48(5)70(82)100)90-73(103)66(41-53-24-31-60(32-25-53)86-49(6)97)92-75(105)67(42-54-26-33-61(34-27-54)87-50(7)98)94-78(108)79(110-9)95-76(106)68(44-56-16-14-35-83-45-56)93-74(104)65(40-52-22-29-59(81)30-23-52)91-72(102)64(88-51(8)99)43-55-21-28-57-17-10-11-18-58(57)39-55/h10-11,14,16-18,21-35,39,45-48,62-69,79,84H,12-13,15,19-20,36-38,40-44H2,1-9H3,(H2,82,100)(H,85,107)(H,86,97)(H,87,98)(H,88,99)(H,89,101)(H,90,103)(H,91,102)(H,92,105)(H,93,104)(H,94,108)(H,95,106)/t48-,62+,63+,64-,65-,66-,67+,68-,69+,79+/m1/s1. The van der Waals surface area contributed by atoms with Crippen molar-refractivity contribution in [3.05, 3.63) is 173 Å². The molecule has 1 saturated heterocycles. The number of carbonyl (C=O) groups excluding carboxylic acids is 13. The molecule has 1 aliphatic heterocycles. The van der Waals surface area contributed by atoms with Gasteiger partial charge in [-0.15, -0.1) is 11.8 Å². The number of amides is 13. The number of primary amides is 1. The maximum absolute atomic E-state index is 15.4. The Labute approximate surface area is 650 Å². The van der Waals surface area contributed by atoms with Crippen molar-refractivity contribution in [2.24, 2.45) is 11.7 Å². The van der Waals surface area contributed by atoms with E-state index in [2.05, 4.69) is 68.8 Å². The first-order chi connectivity index (χ1) is 52.4. The van der Waals surface area contributed by atoms with Crippen molar-refractivity contribution in [2.45, 2.75) is 192 Å². The van der Waals surface area contributed by atoms with Crippen molar-refractivity contribution in [1.29, 1.82) is 0 Å². The SMILES string of the molecule is CS[C@H](NC(=O)[C@@H](Cc1cccnc1)NC(=O)[C@@H](Cc1ccc(Cl)cc1)NC(=O)[C@@H](Cc1ccc2ccccc2c1)NC(C)=O)C(=O)N[C@@H](Cc1ccc(NC(C)=O)cc1)C(=O)N[C@H](Cc1ccc(NC(C)=O)cc1)C(=O)N[C@@H](CC(C)C)C(=O)N[C@@H](CCCCNC(C)C)C(=O)N1CCC[C@H]1C(=O)N[C@H](C)C(N)=O. The van der Waals surface area contributed by atoms with Gasteiger partial charge in [-0.2, -0.15) is 0 Å². The molecule has 1 aliphatic rings. The number of likely N-dealkylation sites (tertiary alicyclic amines) is 1. The number of nitrogens with zero attached hydrogens (tertiary/aromatic N) is 2. The number of carbonyl (C=O) groups is 13. The number of anilines is 2. The van der Waals surface area contributed by atoms with Crippen molar-refractivity contribution in [1.82, 2.24) is 63.1 Å². The molecule has 30 heteroatoms. The minimum atomic E-state index is -1.54. The van der Waals surface area contributed by atoms with Gasteiger partial charge >= 0.3 is 0 Å². The fourth-order valence-corrected chi connectivity index (χ4v) is 13.3. The quantitative estimate of drug-likeness (QED) is 0.0183. The lowest BCUT2D eigenvalue weighted by Crippen LogP contribution is -2.61. The summed E-state index contributed by atoms with van der Waals surface area (Å²) >= 11 is 7.15. The monoisotopic (exact) mass is 1550 g/mol. The number of fused-ring (bicyclic) bond motifs is 1. The number of thioether (sulfide) groups is 1. The summed E-state index contributed by atoms with van der Waals surface area (Å²) in [6.45, 7) is 13.8. The molecular weight excluding hydrogens is 1450 g/mol. The highest BCUT2D eigenvalue weighted by molar-refractivity contribution is 7.99. The second-order valence-corrected chi connectivity index (χ2v) is 29.6. The Hall–Kier alpha value is -10.8. The predicted octanol–water partition coefficient (Wildman–Crippen LogP) is 4.73. The molecular formula is C80H102ClN15O13S. The Bertz CT molecular complexity index is 4190. The lowest BCUT2D eigenvalue weighted by atomic mass is 9.99. The molecule has 0 unspecified atom stereocenters. The summed E-state index contributed by atoms with van der Waals surface area (Å²) in [5, 5.41) is 34.6. The second kappa shape index (κ2) is 42.8. The highest BCUT2D eigenvalue weighted by Crippen LogP contribution is 2.23. The van der Waals surface area contributed by atoms with Gasteiger partial charge in [0.05, 0.1) is 0 Å². The molecule has 1 aromatic heterocycles. The normalized spacial score (nSPS) is 15.0. The number of benzene rings is 5. The van der Waals surface area contributed by atoms with E-state index >= 15 is 19.2 Å². The van der Waals surface area contributed by atoms with Gasteiger partial charge < -0.3 is 74.4 Å². The molecule has 0 aliphatic carbocycles. The van der Waals surface area contributed by atoms with Crippen LogP contribution in [0.4, 0.5) is 11.4 Å². The van der Waals surface area contributed by atoms with Crippen molar-refractivity contribution >= 4 is 122 Å². The first-order valence-corrected chi connectivity index (χ1v) is 38.5. The number of pyridine rings is 1. The number of nitrogens with two attached hydrogens (primary N) is 1. The second-order valence-electron chi connectivity index (χ2n) is 28.2. The number of unbranched alkanes of at least 4 members (excludes halogenated alkanes) is 1. The van der Waals surface area contributed by atoms with E-state index in [0.29, 0.717) is 64.5 Å². The van der Waals surface area contributed by atoms with Crippen LogP contribution in [0.15, 0.2) is 140 Å². The molecule has 2 heterocycles. The van der Waals surface area contributed by atoms with Crippen LogP contribution < -0.4 is 69.5 Å². The minimum Gasteiger partial charge on any atom is -0.368 e. The van der Waals surface area contributed by atoms with Crippen molar-refractivity contribution < 1.29 is 62.3 Å². The largest absolute Gasteiger partial charge is 0.368 e. The molecule has 28 nitrogen and oxygen atoms in total. The summed E-state index contributed by atoms with van der Waals surface area (Å²) in [5.74, 6) is -9.11. The summed E-state index contributed by atoms with van der Waals surface area (Å²) in [7, 11) is 0. The third-order valence-electron chi connectivity index (χ3n) is 18.2. The van der Waals surface area contributed by atoms with E-state index in [1.54, 1.807) is 84.9 Å². The van der Waals surface area contributed by atoms with Crippen LogP contribution in [0.2, 0.25) is 5.02 Å². The van der Waals surface area contributed by atoms with E-state index in [9.17, 15) is 43.2 Å². The van der Waals surface area contributed by atoms with E-state index in [1.165, 1.54) is 51.2 Å². The molecule has 0 radical (unpaired) electrons. The molecule has 0 spiro atoms. The molecule has 5 aromatic carbocycles. The van der Waals surface area contributed by atoms with Gasteiger partial charge in [0.2, 0.25) is 70.9 Å². The Kier molecular flexibility index (Phi) is 33.7. The smallest absolute Gasteiger partial charge is 0.253 e. The van der Waals surface area contributed by atoms with Crippen LogP contribution in [0.5, 0.6) is 0 Å². The van der Waals surface area contributed by atoms with Gasteiger partial charge in [0.1, 0.15) is 54.4 Å². The van der Waals surface area contributed by atoms with Crippen LogP contribution in [-0.2, 0) is 94.4 Å². The predicted molar refractivity (Wildman–Crippen MR) is 422 cm³/mol. The third kappa shape index (κ3) is 28.0. The third-order valence-corrected chi connectivity index (χ3v) is 19.3. The highest BCUT2D eigenvalue weighted by Gasteiger charge is 2.40. The van der Waals surface area contributed by atoms with Gasteiger partial charge in [-0.1, -0.05) is 124 Å². The fourth-order valence-electron chi connectivity index (χ4n) is 12.6. The maximum Gasteiger partial charge on any atom is 0.253 e. The Balaban J connectivity index is 1.18. The zero-order valence-electron chi connectivity index (χ0n) is 63.5. The molecule has 13 amide bonds. The Morgan fingerprint density at radius 3 is 1.45 bits per heavy atom. The van der Waals surface area contributed by atoms with Crippen molar-refractivity contribution in [3.63, 3.8) is 0 Å². The van der Waals surface area contributed by atoms with Crippen LogP contribution in [0.1, 0.15) is 122 Å². The van der Waals surface area contributed by atoms with E-state index in [-0.39, 0.29) is 81.7 Å². The van der Waals surface area contributed by atoms with E-state index in [1.807, 2.05) is 70.2 Å². The number of rotatable bonds is 40. The van der Waals surface area contributed by atoms with Crippen molar-refractivity contribution in [3.8, 4) is 0 Å². The van der Waals surface area contributed by atoms with Gasteiger partial charge in [0.25, 0.3) is 5.91 Å². The molecule has 0 bridgehead atoms. The molecule has 110 heavy (non-hydrogen) atoms. The Morgan fingerprint density at radius 1 is 0.500 bits per heavy atom. The van der Waals surface area contributed by atoms with Gasteiger partial charge in [-0.25, -0.2) is 0 Å². The number of aromatic nitrogens is 1. The summed E-state index contributed by atoms with van der Waals surface area (Å²) in [5.41, 5.74) is 9.04. The van der Waals surface area contributed by atoms with Gasteiger partial charge in [-0.05, 0) is 145 Å². The summed E-state index contributed by atoms with van der Waals surface area (Å²) in [4.78, 5) is 188. The van der Waals surface area contributed by atoms with E-state index in [0.717, 1.165) is 28.1 Å². The molecule has 588 valence electrons. The number of hydrogen-bond acceptors (Lipinski definition) is 16. The average Bonchev–Trinajstić information content (AvgIpc) is 1.31. The molecule has 14 N–H and O–H groups in total. The van der Waals surface area contributed by atoms with Gasteiger partial charge in [-0.3, -0.25) is 67.3 Å². The molecule has 7 rings (SSSR count). The van der Waals surface area contributed by atoms with Crippen LogP contribution in [-0.4, -0.2) is 172 Å². The Morgan fingerprint density at radius 2 is 0.964 bits per heavy atom. The average molecular weight is 1550 g/mol. The molecule has 6 aromatic rings. The molecule has 1 fully saturated rings. The number of halogens is 1. The van der Waals surface area contributed by atoms with Crippen LogP contribution in [0.3, 0.4) is 0 Å². The summed E-state index contributed by atoms with van der Waals surface area (Å²) < 4.78 is 0. The minimum absolute atomic E-state index is 0.0403. The first-order valence-electron chi connectivity index (χ1n) is 36.8. The summed E-state index contributed by atoms with van der Waals surface area (Å²) in [6, 6.07) is 24.7. The number of nitrogens with one attached hydrogen (secondary N) is 12. The van der Waals surface area contributed by atoms with E-state index in [4.69, 9.17) is 17.3 Å². The molecule has 0 saturated carbocycles. The zero-order chi connectivity index (χ0) is 80.1. The highest BCUT2D eigenvalue weighted by atomic mass is 35.5. The first kappa shape index (κ1) is 86.5. The van der Waals surface area contributed by atoms with Gasteiger partial charge in [0, 0.05) is 94.3 Å². The van der Waals surface area contributed by atoms with Gasteiger partial charge in [0.15, 0.2) is 5.37 Å². The topological polar surface area (TPSA) is 408 Å². The fraction of sp³-hybridized carbons (Fsp3) is 0.425. The lowest BCUT2D eigenvalue weighted by Gasteiger charge is -2.31. The van der Waals surface area contributed by atoms with Crippen LogP contribution in [0, 0.1) is 5.92 Å².